The lowest BCUT2D eigenvalue weighted by molar-refractivity contribution is 0.0398. The lowest BCUT2D eigenvalue weighted by Crippen LogP contribution is -2.38. The van der Waals surface area contributed by atoms with Crippen LogP contribution in [0.3, 0.4) is 0 Å². The van der Waals surface area contributed by atoms with Crippen LogP contribution in [-0.2, 0) is 11.8 Å². The maximum absolute atomic E-state index is 12.7. The van der Waals surface area contributed by atoms with Gasteiger partial charge in [0.2, 0.25) is 0 Å². The van der Waals surface area contributed by atoms with E-state index in [4.69, 9.17) is 4.74 Å². The molecule has 2 N–H and O–H groups in total. The van der Waals surface area contributed by atoms with E-state index in [-0.39, 0.29) is 5.91 Å². The van der Waals surface area contributed by atoms with E-state index < -0.39 is 0 Å². The van der Waals surface area contributed by atoms with E-state index in [2.05, 4.69) is 25.6 Å². The van der Waals surface area contributed by atoms with Crippen LogP contribution in [0, 0.1) is 0 Å². The van der Waals surface area contributed by atoms with Gasteiger partial charge < -0.3 is 15.4 Å². The molecule has 0 unspecified atom stereocenters. The number of anilines is 2. The number of hydrogen-bond acceptors (Lipinski definition) is 8. The number of fused-ring (bicyclic) bond motifs is 1. The number of aromatic nitrogens is 3. The molecule has 8 nitrogen and oxygen atoms in total. The summed E-state index contributed by atoms with van der Waals surface area (Å²) in [5.74, 6) is -0.118. The number of nitrogens with zero attached hydrogens (tertiary/aromatic N) is 4. The summed E-state index contributed by atoms with van der Waals surface area (Å²) < 4.78 is 8.18. The monoisotopic (exact) mass is 468 g/mol. The second kappa shape index (κ2) is 9.37. The molecule has 4 aromatic rings. The van der Waals surface area contributed by atoms with E-state index in [0.29, 0.717) is 4.88 Å². The van der Waals surface area contributed by atoms with Gasteiger partial charge in [-0.15, -0.1) is 11.3 Å². The third kappa shape index (κ3) is 4.83. The molecule has 32 heavy (non-hydrogen) atoms. The van der Waals surface area contributed by atoms with E-state index in [9.17, 15) is 4.79 Å². The molecule has 0 saturated carbocycles. The Morgan fingerprint density at radius 2 is 1.97 bits per heavy atom. The number of aryl methyl sites for hydroxylation is 1. The number of morpholine rings is 1. The van der Waals surface area contributed by atoms with E-state index in [0.717, 1.165) is 71.0 Å². The summed E-state index contributed by atoms with van der Waals surface area (Å²) in [5, 5.41) is 11.7. The molecule has 1 amide bonds. The zero-order valence-electron chi connectivity index (χ0n) is 17.7. The van der Waals surface area contributed by atoms with Crippen molar-refractivity contribution >= 4 is 48.9 Å². The number of nitrogens with one attached hydrogen (secondary N) is 2. The van der Waals surface area contributed by atoms with Gasteiger partial charge in [0.15, 0.2) is 5.13 Å². The normalized spacial score (nSPS) is 14.7. The molecule has 3 aromatic heterocycles. The molecule has 5 rings (SSSR count). The van der Waals surface area contributed by atoms with E-state index in [1.807, 2.05) is 49.6 Å². The SMILES string of the molecule is Cn1ccc(-c2ccc(NC(=O)c3cc4sc(NCCN5CCOCC5)nc4s3)cc2)n1. The molecule has 0 aliphatic carbocycles. The predicted molar refractivity (Wildman–Crippen MR) is 130 cm³/mol. The van der Waals surface area contributed by atoms with E-state index in [1.165, 1.54) is 11.3 Å². The second-order valence-electron chi connectivity index (χ2n) is 7.59. The third-order valence-corrected chi connectivity index (χ3v) is 7.39. The fourth-order valence-corrected chi connectivity index (χ4v) is 5.59. The van der Waals surface area contributed by atoms with Crippen LogP contribution in [0.1, 0.15) is 9.67 Å². The molecule has 166 valence electrons. The molecular formula is C22H24N6O2S2. The van der Waals surface area contributed by atoms with Gasteiger partial charge in [0.1, 0.15) is 4.83 Å². The summed E-state index contributed by atoms with van der Waals surface area (Å²) in [5.41, 5.74) is 2.67. The van der Waals surface area contributed by atoms with Crippen molar-refractivity contribution in [3.63, 3.8) is 0 Å². The summed E-state index contributed by atoms with van der Waals surface area (Å²) in [6.45, 7) is 5.42. The highest BCUT2D eigenvalue weighted by atomic mass is 32.1. The Hall–Kier alpha value is -2.79. The standard InChI is InChI=1S/C22H24N6O2S2/c1-27-8-6-17(26-27)15-2-4-16(5-3-15)24-20(29)18-14-19-21(31-18)25-22(32-19)23-7-9-28-10-12-30-13-11-28/h2-6,8,14H,7,9-13H2,1H3,(H,23,25)(H,24,29). The van der Waals surface area contributed by atoms with Crippen molar-refractivity contribution in [3.05, 3.63) is 47.5 Å². The molecule has 1 aromatic carbocycles. The maximum atomic E-state index is 12.7. The van der Waals surface area contributed by atoms with Gasteiger partial charge in [-0.3, -0.25) is 14.4 Å². The molecule has 1 aliphatic rings. The van der Waals surface area contributed by atoms with Crippen molar-refractivity contribution in [2.45, 2.75) is 0 Å². The number of ether oxygens (including phenoxy) is 1. The Balaban J connectivity index is 1.17. The highest BCUT2D eigenvalue weighted by Crippen LogP contribution is 2.33. The first-order valence-corrected chi connectivity index (χ1v) is 12.1. The quantitative estimate of drug-likeness (QED) is 0.430. The number of benzene rings is 1. The van der Waals surface area contributed by atoms with Gasteiger partial charge in [0.05, 0.1) is 28.5 Å². The Morgan fingerprint density at radius 1 is 1.16 bits per heavy atom. The van der Waals surface area contributed by atoms with Gasteiger partial charge in [-0.2, -0.15) is 5.10 Å². The number of amides is 1. The molecular weight excluding hydrogens is 444 g/mol. The Morgan fingerprint density at radius 3 is 2.69 bits per heavy atom. The lowest BCUT2D eigenvalue weighted by atomic mass is 10.1. The maximum Gasteiger partial charge on any atom is 0.265 e. The zero-order chi connectivity index (χ0) is 21.9. The van der Waals surface area contributed by atoms with Crippen molar-refractivity contribution in [2.24, 2.45) is 7.05 Å². The van der Waals surface area contributed by atoms with Crippen LogP contribution in [0.25, 0.3) is 20.8 Å². The molecule has 1 fully saturated rings. The number of thiazole rings is 1. The van der Waals surface area contributed by atoms with Crippen LogP contribution in [0.5, 0.6) is 0 Å². The fourth-order valence-electron chi connectivity index (χ4n) is 3.55. The molecule has 0 spiro atoms. The van der Waals surface area contributed by atoms with Crippen LogP contribution in [0.15, 0.2) is 42.6 Å². The van der Waals surface area contributed by atoms with Gasteiger partial charge >= 0.3 is 0 Å². The molecule has 0 atom stereocenters. The van der Waals surface area contributed by atoms with Crippen molar-refractivity contribution in [1.29, 1.82) is 0 Å². The number of thiophene rings is 1. The van der Waals surface area contributed by atoms with Gasteiger partial charge in [0.25, 0.3) is 5.91 Å². The predicted octanol–water partition coefficient (Wildman–Crippen LogP) is 3.75. The molecule has 10 heteroatoms. The van der Waals surface area contributed by atoms with Crippen LogP contribution < -0.4 is 10.6 Å². The molecule has 4 heterocycles. The highest BCUT2D eigenvalue weighted by molar-refractivity contribution is 7.29. The third-order valence-electron chi connectivity index (χ3n) is 5.27. The second-order valence-corrected chi connectivity index (χ2v) is 9.65. The van der Waals surface area contributed by atoms with Gasteiger partial charge in [-0.05, 0) is 24.3 Å². The fraction of sp³-hybridized carbons (Fsp3) is 0.318. The lowest BCUT2D eigenvalue weighted by Gasteiger charge is -2.26. The van der Waals surface area contributed by atoms with Crippen LogP contribution in [0.2, 0.25) is 0 Å². The van der Waals surface area contributed by atoms with Crippen molar-refractivity contribution < 1.29 is 9.53 Å². The molecule has 1 aliphatic heterocycles. The molecule has 0 radical (unpaired) electrons. The van der Waals surface area contributed by atoms with Crippen molar-refractivity contribution in [2.75, 3.05) is 50.0 Å². The number of hydrogen-bond donors (Lipinski definition) is 2. The largest absolute Gasteiger partial charge is 0.379 e. The summed E-state index contributed by atoms with van der Waals surface area (Å²) in [6.07, 6.45) is 1.91. The first kappa shape index (κ1) is 21.1. The minimum atomic E-state index is -0.118. The van der Waals surface area contributed by atoms with Crippen molar-refractivity contribution in [1.82, 2.24) is 19.7 Å². The molecule has 1 saturated heterocycles. The van der Waals surface area contributed by atoms with Crippen LogP contribution in [0.4, 0.5) is 10.8 Å². The van der Waals surface area contributed by atoms with Crippen LogP contribution in [-0.4, -0.2) is 65.0 Å². The van der Waals surface area contributed by atoms with Crippen LogP contribution >= 0.6 is 22.7 Å². The average molecular weight is 469 g/mol. The summed E-state index contributed by atoms with van der Waals surface area (Å²) in [7, 11) is 1.89. The van der Waals surface area contributed by atoms with Gasteiger partial charge in [-0.25, -0.2) is 4.98 Å². The Labute approximate surface area is 193 Å². The van der Waals surface area contributed by atoms with Gasteiger partial charge in [-0.1, -0.05) is 23.5 Å². The first-order chi connectivity index (χ1) is 15.6. The summed E-state index contributed by atoms with van der Waals surface area (Å²) in [4.78, 5) is 21.3. The smallest absolute Gasteiger partial charge is 0.265 e. The number of carbonyl (C=O) groups is 1. The number of carbonyl (C=O) groups excluding carboxylic acids is 1. The average Bonchev–Trinajstić information content (AvgIpc) is 3.50. The first-order valence-electron chi connectivity index (χ1n) is 10.5. The van der Waals surface area contributed by atoms with Crippen molar-refractivity contribution in [3.8, 4) is 11.3 Å². The summed E-state index contributed by atoms with van der Waals surface area (Å²) in [6, 6.07) is 11.6. The zero-order valence-corrected chi connectivity index (χ0v) is 19.3. The summed E-state index contributed by atoms with van der Waals surface area (Å²) >= 11 is 3.00. The van der Waals surface area contributed by atoms with Gasteiger partial charge in [0, 0.05) is 50.7 Å². The molecule has 0 bridgehead atoms. The minimum absolute atomic E-state index is 0.118. The van der Waals surface area contributed by atoms with E-state index >= 15 is 0 Å². The number of rotatable bonds is 7. The Kier molecular flexibility index (Phi) is 6.17. The highest BCUT2D eigenvalue weighted by Gasteiger charge is 2.15. The minimum Gasteiger partial charge on any atom is -0.379 e. The Bertz CT molecular complexity index is 1180. The topological polar surface area (TPSA) is 84.3 Å². The van der Waals surface area contributed by atoms with E-state index in [1.54, 1.807) is 16.0 Å².